The summed E-state index contributed by atoms with van der Waals surface area (Å²) >= 11 is 0. The van der Waals surface area contributed by atoms with Crippen LogP contribution in [0.3, 0.4) is 0 Å². The number of likely N-dealkylation sites (N-methyl/N-ethyl adjacent to an activating group) is 1. The van der Waals surface area contributed by atoms with Crippen molar-refractivity contribution in [3.8, 4) is 0 Å². The van der Waals surface area contributed by atoms with Gasteiger partial charge in [0.1, 0.15) is 0 Å². The summed E-state index contributed by atoms with van der Waals surface area (Å²) < 4.78 is 10.3. The van der Waals surface area contributed by atoms with Crippen LogP contribution in [0.2, 0.25) is 0 Å². The number of nitrogens with two attached hydrogens (primary N) is 1. The number of nitrogens with zero attached hydrogens (tertiary/aromatic N) is 1. The minimum atomic E-state index is 0.242. The molecule has 0 aromatic rings. The maximum atomic E-state index is 5.98. The number of methoxy groups -OCH3 is 1. The van der Waals surface area contributed by atoms with Gasteiger partial charge in [-0.05, 0) is 26.8 Å². The molecule has 1 unspecified atom stereocenters. The molecular weight excluding hydrogens is 192 g/mol. The fourth-order valence-electron chi connectivity index (χ4n) is 1.44. The summed E-state index contributed by atoms with van der Waals surface area (Å²) in [6.45, 7) is 6.26. The van der Waals surface area contributed by atoms with E-state index in [1.165, 1.54) is 0 Å². The Morgan fingerprint density at radius 2 is 2.07 bits per heavy atom. The Hall–Kier alpha value is -0.160. The zero-order valence-corrected chi connectivity index (χ0v) is 10.4. The molecule has 0 aliphatic carbocycles. The number of rotatable bonds is 10. The largest absolute Gasteiger partial charge is 0.385 e. The highest BCUT2D eigenvalue weighted by molar-refractivity contribution is 4.65. The van der Waals surface area contributed by atoms with E-state index in [1.807, 2.05) is 6.92 Å². The SMILES string of the molecule is CCOCCN(C)CC(N)CCCOC. The molecule has 0 fully saturated rings. The van der Waals surface area contributed by atoms with Crippen molar-refractivity contribution < 1.29 is 9.47 Å². The molecule has 92 valence electrons. The van der Waals surface area contributed by atoms with Crippen molar-refractivity contribution in [2.24, 2.45) is 5.73 Å². The van der Waals surface area contributed by atoms with Crippen molar-refractivity contribution in [3.05, 3.63) is 0 Å². The molecular formula is C11H26N2O2. The van der Waals surface area contributed by atoms with Gasteiger partial charge in [0.05, 0.1) is 6.61 Å². The highest BCUT2D eigenvalue weighted by Crippen LogP contribution is 1.97. The Labute approximate surface area is 93.7 Å². The summed E-state index contributed by atoms with van der Waals surface area (Å²) in [6, 6.07) is 0.242. The molecule has 0 saturated heterocycles. The smallest absolute Gasteiger partial charge is 0.0593 e. The van der Waals surface area contributed by atoms with Crippen LogP contribution in [-0.4, -0.2) is 58.0 Å². The van der Waals surface area contributed by atoms with Gasteiger partial charge >= 0.3 is 0 Å². The molecule has 0 spiro atoms. The fraction of sp³-hybridized carbons (Fsp3) is 1.00. The maximum Gasteiger partial charge on any atom is 0.0593 e. The van der Waals surface area contributed by atoms with E-state index in [2.05, 4.69) is 11.9 Å². The lowest BCUT2D eigenvalue weighted by Gasteiger charge is -2.20. The van der Waals surface area contributed by atoms with Crippen molar-refractivity contribution in [2.45, 2.75) is 25.8 Å². The number of ether oxygens (including phenoxy) is 2. The molecule has 0 radical (unpaired) electrons. The second-order valence-corrected chi connectivity index (χ2v) is 3.85. The fourth-order valence-corrected chi connectivity index (χ4v) is 1.44. The minimum absolute atomic E-state index is 0.242. The molecule has 0 amide bonds. The van der Waals surface area contributed by atoms with Gasteiger partial charge in [-0.2, -0.15) is 0 Å². The van der Waals surface area contributed by atoms with Crippen LogP contribution in [0.4, 0.5) is 0 Å². The predicted molar refractivity (Wildman–Crippen MR) is 63.1 cm³/mol. The molecule has 0 aliphatic rings. The van der Waals surface area contributed by atoms with Crippen molar-refractivity contribution in [2.75, 3.05) is 47.1 Å². The highest BCUT2D eigenvalue weighted by Gasteiger charge is 2.06. The average Bonchev–Trinajstić information content (AvgIpc) is 2.18. The van der Waals surface area contributed by atoms with E-state index in [4.69, 9.17) is 15.2 Å². The molecule has 4 heteroatoms. The molecule has 0 bridgehead atoms. The summed E-state index contributed by atoms with van der Waals surface area (Å²) in [5, 5.41) is 0. The first-order valence-electron chi connectivity index (χ1n) is 5.71. The first kappa shape index (κ1) is 14.8. The average molecular weight is 218 g/mol. The van der Waals surface area contributed by atoms with Gasteiger partial charge in [-0.25, -0.2) is 0 Å². The van der Waals surface area contributed by atoms with Crippen molar-refractivity contribution in [1.82, 2.24) is 4.90 Å². The predicted octanol–water partition coefficient (Wildman–Crippen LogP) is 0.709. The molecule has 0 aromatic heterocycles. The third-order valence-corrected chi connectivity index (χ3v) is 2.29. The van der Waals surface area contributed by atoms with Crippen molar-refractivity contribution in [3.63, 3.8) is 0 Å². The molecule has 1 atom stereocenters. The van der Waals surface area contributed by atoms with Crippen LogP contribution in [0.1, 0.15) is 19.8 Å². The lowest BCUT2D eigenvalue weighted by Crippen LogP contribution is -2.37. The number of hydrogen-bond donors (Lipinski definition) is 1. The summed E-state index contributed by atoms with van der Waals surface area (Å²) in [6.07, 6.45) is 2.06. The first-order chi connectivity index (χ1) is 7.20. The summed E-state index contributed by atoms with van der Waals surface area (Å²) in [4.78, 5) is 2.22. The van der Waals surface area contributed by atoms with Crippen LogP contribution in [0, 0.1) is 0 Å². The van der Waals surface area contributed by atoms with Gasteiger partial charge in [-0.3, -0.25) is 0 Å². The lowest BCUT2D eigenvalue weighted by atomic mass is 10.1. The van der Waals surface area contributed by atoms with Crippen LogP contribution in [0.5, 0.6) is 0 Å². The minimum Gasteiger partial charge on any atom is -0.385 e. The Balaban J connectivity index is 3.35. The molecule has 0 rings (SSSR count). The topological polar surface area (TPSA) is 47.7 Å². The van der Waals surface area contributed by atoms with Crippen LogP contribution in [0.15, 0.2) is 0 Å². The molecule has 0 aliphatic heterocycles. The summed E-state index contributed by atoms with van der Waals surface area (Å²) in [5.41, 5.74) is 5.98. The quantitative estimate of drug-likeness (QED) is 0.549. The molecule has 15 heavy (non-hydrogen) atoms. The van der Waals surface area contributed by atoms with Crippen LogP contribution in [-0.2, 0) is 9.47 Å². The Bertz CT molecular complexity index is 120. The normalized spacial score (nSPS) is 13.4. The van der Waals surface area contributed by atoms with Crippen molar-refractivity contribution >= 4 is 0 Å². The number of hydrogen-bond acceptors (Lipinski definition) is 4. The molecule has 0 heterocycles. The van der Waals surface area contributed by atoms with Crippen LogP contribution < -0.4 is 5.73 Å². The van der Waals surface area contributed by atoms with E-state index in [1.54, 1.807) is 7.11 Å². The highest BCUT2D eigenvalue weighted by atomic mass is 16.5. The van der Waals surface area contributed by atoms with Crippen LogP contribution in [0.25, 0.3) is 0 Å². The van der Waals surface area contributed by atoms with Gasteiger partial charge in [-0.1, -0.05) is 0 Å². The van der Waals surface area contributed by atoms with Gasteiger partial charge in [0.15, 0.2) is 0 Å². The zero-order chi connectivity index (χ0) is 11.5. The van der Waals surface area contributed by atoms with Gasteiger partial charge in [0.25, 0.3) is 0 Å². The first-order valence-corrected chi connectivity index (χ1v) is 5.71. The van der Waals surface area contributed by atoms with E-state index >= 15 is 0 Å². The van der Waals surface area contributed by atoms with Crippen molar-refractivity contribution in [1.29, 1.82) is 0 Å². The van der Waals surface area contributed by atoms with E-state index in [0.717, 1.165) is 45.8 Å². The maximum absolute atomic E-state index is 5.98. The van der Waals surface area contributed by atoms with Gasteiger partial charge in [-0.15, -0.1) is 0 Å². The Morgan fingerprint density at radius 3 is 2.67 bits per heavy atom. The van der Waals surface area contributed by atoms with Gasteiger partial charge < -0.3 is 20.1 Å². The van der Waals surface area contributed by atoms with E-state index in [9.17, 15) is 0 Å². The third kappa shape index (κ3) is 10.1. The summed E-state index contributed by atoms with van der Waals surface area (Å²) in [7, 11) is 3.80. The standard InChI is InChI=1S/C11H26N2O2/c1-4-15-9-7-13(2)10-11(12)6-5-8-14-3/h11H,4-10,12H2,1-3H3. The monoisotopic (exact) mass is 218 g/mol. The third-order valence-electron chi connectivity index (χ3n) is 2.29. The van der Waals surface area contributed by atoms with E-state index in [-0.39, 0.29) is 6.04 Å². The lowest BCUT2D eigenvalue weighted by molar-refractivity contribution is 0.119. The molecule has 0 aromatic carbocycles. The van der Waals surface area contributed by atoms with E-state index in [0.29, 0.717) is 0 Å². The molecule has 4 nitrogen and oxygen atoms in total. The zero-order valence-electron chi connectivity index (χ0n) is 10.4. The molecule has 2 N–H and O–H groups in total. The second-order valence-electron chi connectivity index (χ2n) is 3.85. The van der Waals surface area contributed by atoms with Gasteiger partial charge in [0, 0.05) is 39.5 Å². The Morgan fingerprint density at radius 1 is 1.33 bits per heavy atom. The summed E-state index contributed by atoms with van der Waals surface area (Å²) in [5.74, 6) is 0. The molecule has 0 saturated carbocycles. The second kappa shape index (κ2) is 10.4. The van der Waals surface area contributed by atoms with E-state index < -0.39 is 0 Å². The Kier molecular flexibility index (Phi) is 10.3. The van der Waals surface area contributed by atoms with Gasteiger partial charge in [0.2, 0.25) is 0 Å². The van der Waals surface area contributed by atoms with Crippen LogP contribution >= 0.6 is 0 Å².